The van der Waals surface area contributed by atoms with Gasteiger partial charge in [-0.05, 0) is 37.0 Å². The van der Waals surface area contributed by atoms with Crippen LogP contribution < -0.4 is 5.32 Å². The molecular weight excluding hydrogens is 434 g/mol. The molecule has 0 bridgehead atoms. The summed E-state index contributed by atoms with van der Waals surface area (Å²) in [6.07, 6.45) is 1.49. The van der Waals surface area contributed by atoms with Crippen molar-refractivity contribution in [3.8, 4) is 11.5 Å². The van der Waals surface area contributed by atoms with Crippen LogP contribution in [0.5, 0.6) is 0 Å². The van der Waals surface area contributed by atoms with Crippen molar-refractivity contribution in [1.29, 1.82) is 0 Å². The van der Waals surface area contributed by atoms with Crippen LogP contribution in [0.1, 0.15) is 67.3 Å². The summed E-state index contributed by atoms with van der Waals surface area (Å²) >= 11 is 0. The molecule has 1 saturated carbocycles. The Morgan fingerprint density at radius 3 is 2.73 bits per heavy atom. The first-order valence-corrected chi connectivity index (χ1v) is 11.4. The first-order chi connectivity index (χ1) is 15.9. The van der Waals surface area contributed by atoms with Crippen molar-refractivity contribution < 1.29 is 27.5 Å². The van der Waals surface area contributed by atoms with Crippen molar-refractivity contribution in [2.75, 3.05) is 13.2 Å². The summed E-state index contributed by atoms with van der Waals surface area (Å²) in [5, 5.41) is 10.3. The van der Waals surface area contributed by atoms with Crippen molar-refractivity contribution in [1.82, 2.24) is 20.4 Å². The van der Waals surface area contributed by atoms with Crippen LogP contribution in [0.15, 0.2) is 22.6 Å². The topological polar surface area (TPSA) is 97.6 Å². The molecule has 1 aromatic carbocycles. The summed E-state index contributed by atoms with van der Waals surface area (Å²) < 4.78 is 35.9. The molecule has 5 rings (SSSR count). The van der Waals surface area contributed by atoms with Crippen LogP contribution in [0.25, 0.3) is 11.5 Å². The summed E-state index contributed by atoms with van der Waals surface area (Å²) in [6.45, 7) is 3.31. The zero-order valence-corrected chi connectivity index (χ0v) is 18.4. The van der Waals surface area contributed by atoms with Gasteiger partial charge in [0.1, 0.15) is 0 Å². The highest BCUT2D eigenvalue weighted by Gasteiger charge is 2.46. The van der Waals surface area contributed by atoms with E-state index in [1.165, 1.54) is 0 Å². The third-order valence-corrected chi connectivity index (χ3v) is 7.18. The lowest BCUT2D eigenvalue weighted by atomic mass is 9.81. The highest BCUT2D eigenvalue weighted by molar-refractivity contribution is 5.99. The average Bonchev–Trinajstić information content (AvgIpc) is 3.39. The van der Waals surface area contributed by atoms with E-state index in [1.807, 2.05) is 11.8 Å². The fourth-order valence-corrected chi connectivity index (χ4v) is 4.98. The smallest absolute Gasteiger partial charge is 0.314 e. The van der Waals surface area contributed by atoms with E-state index in [1.54, 1.807) is 18.2 Å². The molecule has 1 N–H and O–H groups in total. The molecule has 176 valence electrons. The molecule has 2 aliphatic heterocycles. The Morgan fingerprint density at radius 2 is 2.06 bits per heavy atom. The highest BCUT2D eigenvalue weighted by atomic mass is 19.3. The van der Waals surface area contributed by atoms with Gasteiger partial charge in [-0.3, -0.25) is 9.59 Å². The maximum absolute atomic E-state index is 13.4. The number of nitrogens with one attached hydrogen (secondary N) is 1. The highest BCUT2D eigenvalue weighted by Crippen LogP contribution is 2.36. The van der Waals surface area contributed by atoms with Gasteiger partial charge in [0.05, 0.1) is 24.7 Å². The molecule has 1 aliphatic carbocycles. The molecule has 3 heterocycles. The minimum absolute atomic E-state index is 0.00539. The predicted octanol–water partition coefficient (Wildman–Crippen LogP) is 3.48. The molecule has 0 spiro atoms. The van der Waals surface area contributed by atoms with Crippen molar-refractivity contribution in [3.63, 3.8) is 0 Å². The predicted molar refractivity (Wildman–Crippen MR) is 112 cm³/mol. The van der Waals surface area contributed by atoms with Gasteiger partial charge in [-0.1, -0.05) is 25.8 Å². The van der Waals surface area contributed by atoms with Crippen LogP contribution >= 0.6 is 0 Å². The van der Waals surface area contributed by atoms with Gasteiger partial charge in [0, 0.05) is 23.7 Å². The number of carbonyl (C=O) groups is 2. The van der Waals surface area contributed by atoms with Gasteiger partial charge in [-0.25, -0.2) is 0 Å². The van der Waals surface area contributed by atoms with E-state index in [0.29, 0.717) is 30.9 Å². The Hall–Kier alpha value is -2.88. The Kier molecular flexibility index (Phi) is 5.64. The van der Waals surface area contributed by atoms with Crippen LogP contribution in [0.3, 0.4) is 0 Å². The lowest BCUT2D eigenvalue weighted by molar-refractivity contribution is -0.163. The van der Waals surface area contributed by atoms with Gasteiger partial charge in [0.15, 0.2) is 0 Å². The maximum atomic E-state index is 13.4. The van der Waals surface area contributed by atoms with E-state index in [9.17, 15) is 18.4 Å². The second-order valence-electron chi connectivity index (χ2n) is 9.11. The van der Waals surface area contributed by atoms with Crippen LogP contribution in [0.2, 0.25) is 0 Å². The zero-order chi connectivity index (χ0) is 23.2. The molecule has 1 saturated heterocycles. The number of halogens is 2. The minimum atomic E-state index is -2.85. The number of hydrogen-bond acceptors (Lipinski definition) is 6. The molecule has 33 heavy (non-hydrogen) atoms. The molecule has 10 heteroatoms. The van der Waals surface area contributed by atoms with E-state index in [4.69, 9.17) is 9.15 Å². The number of alkyl halides is 2. The van der Waals surface area contributed by atoms with Gasteiger partial charge >= 0.3 is 6.43 Å². The maximum Gasteiger partial charge on any atom is 0.314 e. The number of rotatable bonds is 6. The number of ether oxygens (including phenoxy) is 1. The molecular formula is C23H26F2N4O4. The van der Waals surface area contributed by atoms with Crippen molar-refractivity contribution >= 4 is 11.8 Å². The average molecular weight is 460 g/mol. The third-order valence-electron chi connectivity index (χ3n) is 7.18. The minimum Gasteiger partial charge on any atom is -0.415 e. The Morgan fingerprint density at radius 1 is 1.27 bits per heavy atom. The monoisotopic (exact) mass is 460 g/mol. The second kappa shape index (κ2) is 8.48. The van der Waals surface area contributed by atoms with Crippen molar-refractivity contribution in [2.45, 2.75) is 64.1 Å². The number of benzene rings is 1. The van der Waals surface area contributed by atoms with E-state index in [-0.39, 0.29) is 29.8 Å². The molecule has 2 aromatic rings. The fourth-order valence-electron chi connectivity index (χ4n) is 4.98. The van der Waals surface area contributed by atoms with Gasteiger partial charge in [-0.15, -0.1) is 10.2 Å². The van der Waals surface area contributed by atoms with Gasteiger partial charge in [-0.2, -0.15) is 8.78 Å². The van der Waals surface area contributed by atoms with Crippen molar-refractivity contribution in [2.24, 2.45) is 5.41 Å². The molecule has 1 aromatic heterocycles. The quantitative estimate of drug-likeness (QED) is 0.709. The molecule has 2 amide bonds. The standard InChI is InChI=1S/C23H26F2N4O4/c1-2-23(11-32-12-23)22(31)26-16-5-3-4-6-17(16)29-10-14-8-7-13(9-15(14)21(29)30)19-27-28-20(33-19)18(24)25/h7-9,16-18H,2-6,10-12H2,1H3,(H,26,31)/t16-,17-/m1/s1. The van der Waals surface area contributed by atoms with Crippen LogP contribution in [-0.2, 0) is 16.1 Å². The van der Waals surface area contributed by atoms with E-state index in [2.05, 4.69) is 15.5 Å². The van der Waals surface area contributed by atoms with Crippen LogP contribution in [0, 0.1) is 5.41 Å². The third kappa shape index (κ3) is 3.80. The lowest BCUT2D eigenvalue weighted by Gasteiger charge is -2.43. The fraction of sp³-hybridized carbons (Fsp3) is 0.565. The summed E-state index contributed by atoms with van der Waals surface area (Å²) in [5.74, 6) is -0.926. The first kappa shape index (κ1) is 21.9. The van der Waals surface area contributed by atoms with Gasteiger partial charge in [0.25, 0.3) is 11.8 Å². The molecule has 3 aliphatic rings. The number of carbonyl (C=O) groups excluding carboxylic acids is 2. The number of fused-ring (bicyclic) bond motifs is 1. The molecule has 0 radical (unpaired) electrons. The van der Waals surface area contributed by atoms with Gasteiger partial charge < -0.3 is 19.4 Å². The summed E-state index contributed by atoms with van der Waals surface area (Å²) in [6, 6.07) is 4.89. The normalized spacial score (nSPS) is 24.0. The van der Waals surface area contributed by atoms with E-state index >= 15 is 0 Å². The molecule has 2 fully saturated rings. The zero-order valence-electron chi connectivity index (χ0n) is 18.4. The summed E-state index contributed by atoms with van der Waals surface area (Å²) in [5.41, 5.74) is 1.31. The lowest BCUT2D eigenvalue weighted by Crippen LogP contribution is -2.60. The Bertz CT molecular complexity index is 1060. The second-order valence-corrected chi connectivity index (χ2v) is 9.11. The number of aromatic nitrogens is 2. The Labute approximate surface area is 189 Å². The van der Waals surface area contributed by atoms with Crippen LogP contribution in [-0.4, -0.2) is 52.2 Å². The summed E-state index contributed by atoms with van der Waals surface area (Å²) in [7, 11) is 0. The van der Waals surface area contributed by atoms with Crippen LogP contribution in [0.4, 0.5) is 8.78 Å². The number of amides is 2. The largest absolute Gasteiger partial charge is 0.415 e. The van der Waals surface area contributed by atoms with E-state index < -0.39 is 17.7 Å². The van der Waals surface area contributed by atoms with E-state index in [0.717, 1.165) is 37.7 Å². The first-order valence-electron chi connectivity index (χ1n) is 11.4. The molecule has 0 unspecified atom stereocenters. The summed E-state index contributed by atoms with van der Waals surface area (Å²) in [4.78, 5) is 28.2. The number of nitrogens with zero attached hydrogens (tertiary/aromatic N) is 3. The number of hydrogen-bond donors (Lipinski definition) is 1. The Balaban J connectivity index is 1.35. The molecule has 8 nitrogen and oxygen atoms in total. The molecule has 2 atom stereocenters. The van der Waals surface area contributed by atoms with Crippen molar-refractivity contribution in [3.05, 3.63) is 35.2 Å². The SMILES string of the molecule is CCC1(C(=O)N[C@@H]2CCCC[C@H]2N2Cc3ccc(-c4nnc(C(F)F)o4)cc3C2=O)COC1. The van der Waals surface area contributed by atoms with Gasteiger partial charge in [0.2, 0.25) is 11.8 Å².